The minimum absolute atomic E-state index is 0.264. The first-order valence-electron chi connectivity index (χ1n) is 15.7. The molecule has 0 amide bonds. The van der Waals surface area contributed by atoms with Gasteiger partial charge in [-0.2, -0.15) is 0 Å². The standard InChI is InChI=1S/C32H56O6/c1-4-7-9-11-13-14-15-17-18-22-26-36-30(34)28-24-20-21-25-32(28,38-29(33)6-3)31(35)37-27-23-19-16-12-10-8-5-2/h6,28H,3-5,7-27H2,1-2H3. The maximum Gasteiger partial charge on any atom is 0.351 e. The van der Waals surface area contributed by atoms with E-state index in [2.05, 4.69) is 20.4 Å². The number of carbonyl (C=O) groups excluding carboxylic acids is 3. The van der Waals surface area contributed by atoms with E-state index in [1.807, 2.05) is 0 Å². The van der Waals surface area contributed by atoms with E-state index in [9.17, 15) is 14.4 Å². The Morgan fingerprint density at radius 3 is 1.68 bits per heavy atom. The molecule has 0 aromatic rings. The average molecular weight is 537 g/mol. The van der Waals surface area contributed by atoms with Crippen molar-refractivity contribution in [1.82, 2.24) is 0 Å². The van der Waals surface area contributed by atoms with Gasteiger partial charge in [0.15, 0.2) is 0 Å². The number of hydrogen-bond acceptors (Lipinski definition) is 6. The van der Waals surface area contributed by atoms with E-state index >= 15 is 0 Å². The number of hydrogen-bond donors (Lipinski definition) is 0. The van der Waals surface area contributed by atoms with Gasteiger partial charge < -0.3 is 14.2 Å². The summed E-state index contributed by atoms with van der Waals surface area (Å²) in [6.45, 7) is 8.49. The molecule has 0 aromatic heterocycles. The first kappa shape index (κ1) is 34.2. The first-order valence-corrected chi connectivity index (χ1v) is 15.7. The monoisotopic (exact) mass is 536 g/mol. The maximum atomic E-state index is 13.3. The van der Waals surface area contributed by atoms with E-state index in [-0.39, 0.29) is 13.0 Å². The molecular formula is C32H56O6. The highest BCUT2D eigenvalue weighted by atomic mass is 16.6. The molecule has 0 bridgehead atoms. The normalized spacial score (nSPS) is 19.1. The van der Waals surface area contributed by atoms with Gasteiger partial charge in [0.25, 0.3) is 0 Å². The zero-order valence-corrected chi connectivity index (χ0v) is 24.6. The Bertz CT molecular complexity index is 660. The second kappa shape index (κ2) is 22.0. The molecule has 0 N–H and O–H groups in total. The fourth-order valence-corrected chi connectivity index (χ4v) is 5.29. The molecule has 6 nitrogen and oxygen atoms in total. The Morgan fingerprint density at radius 1 is 0.711 bits per heavy atom. The number of unbranched alkanes of at least 4 members (excludes halogenated alkanes) is 15. The topological polar surface area (TPSA) is 78.9 Å². The third-order valence-corrected chi connectivity index (χ3v) is 7.66. The molecular weight excluding hydrogens is 480 g/mol. The minimum atomic E-state index is -1.63. The van der Waals surface area contributed by atoms with Crippen LogP contribution in [0.2, 0.25) is 0 Å². The van der Waals surface area contributed by atoms with Gasteiger partial charge in [-0.15, -0.1) is 0 Å². The molecule has 0 aliphatic heterocycles. The largest absolute Gasteiger partial charge is 0.465 e. The minimum Gasteiger partial charge on any atom is -0.465 e. The van der Waals surface area contributed by atoms with E-state index < -0.39 is 29.4 Å². The van der Waals surface area contributed by atoms with Crippen LogP contribution in [-0.2, 0) is 28.6 Å². The molecule has 0 aromatic carbocycles. The van der Waals surface area contributed by atoms with Gasteiger partial charge in [-0.05, 0) is 32.1 Å². The zero-order chi connectivity index (χ0) is 27.9. The smallest absolute Gasteiger partial charge is 0.351 e. The molecule has 1 saturated carbocycles. The summed E-state index contributed by atoms with van der Waals surface area (Å²) in [5.74, 6) is -2.65. The quantitative estimate of drug-likeness (QED) is 0.0564. The van der Waals surface area contributed by atoms with Gasteiger partial charge in [-0.1, -0.05) is 123 Å². The second-order valence-electron chi connectivity index (χ2n) is 10.9. The molecule has 2 atom stereocenters. The summed E-state index contributed by atoms with van der Waals surface area (Å²) < 4.78 is 16.8. The van der Waals surface area contributed by atoms with E-state index in [4.69, 9.17) is 14.2 Å². The van der Waals surface area contributed by atoms with Crippen molar-refractivity contribution in [3.63, 3.8) is 0 Å². The second-order valence-corrected chi connectivity index (χ2v) is 10.9. The molecule has 0 heterocycles. The molecule has 2 unspecified atom stereocenters. The highest BCUT2D eigenvalue weighted by molar-refractivity contribution is 5.92. The van der Waals surface area contributed by atoms with Crippen LogP contribution in [0.3, 0.4) is 0 Å². The molecule has 0 saturated heterocycles. The van der Waals surface area contributed by atoms with Crippen molar-refractivity contribution in [2.45, 2.75) is 154 Å². The number of esters is 3. The van der Waals surface area contributed by atoms with Crippen LogP contribution in [0.25, 0.3) is 0 Å². The van der Waals surface area contributed by atoms with Crippen LogP contribution in [0.4, 0.5) is 0 Å². The highest BCUT2D eigenvalue weighted by Crippen LogP contribution is 2.39. The van der Waals surface area contributed by atoms with E-state index in [0.29, 0.717) is 19.4 Å². The summed E-state index contributed by atoms with van der Waals surface area (Å²) in [5, 5.41) is 0. The third-order valence-electron chi connectivity index (χ3n) is 7.66. The Labute approximate surface area is 232 Å². The number of carbonyl (C=O) groups is 3. The van der Waals surface area contributed by atoms with Crippen LogP contribution in [0.15, 0.2) is 12.7 Å². The molecule has 1 aliphatic rings. The van der Waals surface area contributed by atoms with Crippen molar-refractivity contribution in [2.75, 3.05) is 13.2 Å². The Hall–Kier alpha value is -1.85. The molecule has 1 aliphatic carbocycles. The SMILES string of the molecule is C=CC(=O)OC1(C(=O)OCCCCCCCCC)CCCCC1C(=O)OCCCCCCCCCCCC. The lowest BCUT2D eigenvalue weighted by molar-refractivity contribution is -0.198. The Balaban J connectivity index is 2.52. The van der Waals surface area contributed by atoms with Crippen LogP contribution in [0.5, 0.6) is 0 Å². The van der Waals surface area contributed by atoms with Crippen molar-refractivity contribution in [1.29, 1.82) is 0 Å². The fourth-order valence-electron chi connectivity index (χ4n) is 5.29. The summed E-state index contributed by atoms with van der Waals surface area (Å²) in [6, 6.07) is 0. The van der Waals surface area contributed by atoms with Crippen molar-refractivity contribution in [3.05, 3.63) is 12.7 Å². The summed E-state index contributed by atoms with van der Waals surface area (Å²) in [6.07, 6.45) is 23.0. The molecule has 0 spiro atoms. The van der Waals surface area contributed by atoms with Gasteiger partial charge >= 0.3 is 17.9 Å². The Kier molecular flexibility index (Phi) is 19.8. The molecule has 1 fully saturated rings. The predicted molar refractivity (Wildman–Crippen MR) is 153 cm³/mol. The van der Waals surface area contributed by atoms with Crippen LogP contribution >= 0.6 is 0 Å². The first-order chi connectivity index (χ1) is 18.5. The van der Waals surface area contributed by atoms with Crippen molar-refractivity contribution >= 4 is 17.9 Å². The van der Waals surface area contributed by atoms with Gasteiger partial charge in [0.1, 0.15) is 5.92 Å². The van der Waals surface area contributed by atoms with Gasteiger partial charge in [0.05, 0.1) is 13.2 Å². The molecule has 0 radical (unpaired) electrons. The zero-order valence-electron chi connectivity index (χ0n) is 24.6. The van der Waals surface area contributed by atoms with Crippen molar-refractivity contribution in [3.8, 4) is 0 Å². The highest BCUT2D eigenvalue weighted by Gasteiger charge is 2.55. The van der Waals surface area contributed by atoms with Crippen LogP contribution in [0.1, 0.15) is 149 Å². The Morgan fingerprint density at radius 2 is 1.18 bits per heavy atom. The maximum absolute atomic E-state index is 13.3. The molecule has 6 heteroatoms. The van der Waals surface area contributed by atoms with Gasteiger partial charge in [-0.3, -0.25) is 4.79 Å². The molecule has 220 valence electrons. The lowest BCUT2D eigenvalue weighted by Crippen LogP contribution is -2.55. The van der Waals surface area contributed by atoms with Gasteiger partial charge in [-0.25, -0.2) is 9.59 Å². The average Bonchev–Trinajstić information content (AvgIpc) is 2.93. The van der Waals surface area contributed by atoms with Gasteiger partial charge in [0.2, 0.25) is 5.60 Å². The van der Waals surface area contributed by atoms with Gasteiger partial charge in [0, 0.05) is 6.08 Å². The number of ether oxygens (including phenoxy) is 3. The van der Waals surface area contributed by atoms with E-state index in [1.54, 1.807) is 0 Å². The van der Waals surface area contributed by atoms with E-state index in [0.717, 1.165) is 51.0 Å². The van der Waals surface area contributed by atoms with Crippen LogP contribution in [0, 0.1) is 5.92 Å². The van der Waals surface area contributed by atoms with E-state index in [1.165, 1.54) is 70.6 Å². The fraction of sp³-hybridized carbons (Fsp3) is 0.844. The summed E-state index contributed by atoms with van der Waals surface area (Å²) in [7, 11) is 0. The van der Waals surface area contributed by atoms with Crippen LogP contribution in [-0.4, -0.2) is 36.7 Å². The number of rotatable bonds is 23. The predicted octanol–water partition coefficient (Wildman–Crippen LogP) is 8.40. The molecule has 1 rings (SSSR count). The molecule has 38 heavy (non-hydrogen) atoms. The third kappa shape index (κ3) is 13.8. The lowest BCUT2D eigenvalue weighted by Gasteiger charge is -2.39. The van der Waals surface area contributed by atoms with Crippen LogP contribution < -0.4 is 0 Å². The summed E-state index contributed by atoms with van der Waals surface area (Å²) >= 11 is 0. The van der Waals surface area contributed by atoms with Crippen molar-refractivity contribution in [2.24, 2.45) is 5.92 Å². The van der Waals surface area contributed by atoms with Crippen molar-refractivity contribution < 1.29 is 28.6 Å². The lowest BCUT2D eigenvalue weighted by atomic mass is 9.75. The summed E-state index contributed by atoms with van der Waals surface area (Å²) in [5.41, 5.74) is -1.63. The summed E-state index contributed by atoms with van der Waals surface area (Å²) in [4.78, 5) is 38.6.